The first-order valence-corrected chi connectivity index (χ1v) is 8.24. The highest BCUT2D eigenvalue weighted by Gasteiger charge is 2.13. The fraction of sp³-hybridized carbons (Fsp3) is 0.300. The second-order valence-corrected chi connectivity index (χ2v) is 6.11. The van der Waals surface area contributed by atoms with Gasteiger partial charge in [-0.2, -0.15) is 0 Å². The zero-order valence-corrected chi connectivity index (χ0v) is 14.9. The molecule has 0 aliphatic rings. The number of hydrogen-bond donors (Lipinski definition) is 1. The van der Waals surface area contributed by atoms with Crippen molar-refractivity contribution in [3.8, 4) is 5.75 Å². The molecule has 0 fully saturated rings. The van der Waals surface area contributed by atoms with Gasteiger partial charge in [0.05, 0.1) is 12.6 Å². The summed E-state index contributed by atoms with van der Waals surface area (Å²) in [5.74, 6) is 0.231. The molecule has 132 valence electrons. The Morgan fingerprint density at radius 3 is 2.64 bits per heavy atom. The maximum absolute atomic E-state index is 12.1. The fourth-order valence-corrected chi connectivity index (χ4v) is 2.55. The van der Waals surface area contributed by atoms with Gasteiger partial charge in [-0.15, -0.1) is 0 Å². The highest BCUT2D eigenvalue weighted by atomic mass is 16.5. The van der Waals surface area contributed by atoms with Gasteiger partial charge in [-0.1, -0.05) is 36.9 Å². The Balaban J connectivity index is 2.19. The number of hydrogen-bond acceptors (Lipinski definition) is 3. The maximum atomic E-state index is 12.1. The summed E-state index contributed by atoms with van der Waals surface area (Å²) < 4.78 is 5.89. The standard InChI is InChI=1S/C20H24N2O3/c1-5-20(24)22(4)13-19(23)21-12-17-16-9-7-6-8-15(16)10-11-18(17)25-14(2)3/h5-11,14H,1,12-13H2,2-4H3,(H,21,23). The minimum atomic E-state index is -0.288. The number of nitrogens with zero attached hydrogens (tertiary/aromatic N) is 1. The number of amides is 2. The van der Waals surface area contributed by atoms with Crippen molar-refractivity contribution in [2.75, 3.05) is 13.6 Å². The summed E-state index contributed by atoms with van der Waals surface area (Å²) in [6, 6.07) is 11.9. The molecule has 2 aromatic rings. The Bertz CT molecular complexity index is 784. The molecule has 0 aliphatic heterocycles. The predicted molar refractivity (Wildman–Crippen MR) is 99.4 cm³/mol. The summed E-state index contributed by atoms with van der Waals surface area (Å²) >= 11 is 0. The minimum Gasteiger partial charge on any atom is -0.491 e. The number of carbonyl (C=O) groups is 2. The molecule has 0 heterocycles. The first-order valence-electron chi connectivity index (χ1n) is 8.24. The molecule has 5 heteroatoms. The van der Waals surface area contributed by atoms with Crippen LogP contribution in [0.4, 0.5) is 0 Å². The summed E-state index contributed by atoms with van der Waals surface area (Å²) in [6.07, 6.45) is 1.22. The minimum absolute atomic E-state index is 0.0179. The highest BCUT2D eigenvalue weighted by Crippen LogP contribution is 2.28. The molecular weight excluding hydrogens is 316 g/mol. The van der Waals surface area contributed by atoms with Crippen LogP contribution in [-0.4, -0.2) is 36.4 Å². The van der Waals surface area contributed by atoms with Gasteiger partial charge in [0, 0.05) is 19.2 Å². The van der Waals surface area contributed by atoms with E-state index in [9.17, 15) is 9.59 Å². The summed E-state index contributed by atoms with van der Waals surface area (Å²) in [4.78, 5) is 24.9. The van der Waals surface area contributed by atoms with Gasteiger partial charge in [-0.05, 0) is 36.8 Å². The van der Waals surface area contributed by atoms with Crippen LogP contribution in [0.3, 0.4) is 0 Å². The van der Waals surface area contributed by atoms with Crippen molar-refractivity contribution in [3.05, 3.63) is 54.6 Å². The van der Waals surface area contributed by atoms with Crippen LogP contribution in [0.25, 0.3) is 10.8 Å². The second kappa shape index (κ2) is 8.33. The van der Waals surface area contributed by atoms with Crippen LogP contribution in [0.2, 0.25) is 0 Å². The first-order chi connectivity index (χ1) is 11.9. The molecule has 2 aromatic carbocycles. The van der Waals surface area contributed by atoms with Gasteiger partial charge in [0.25, 0.3) is 0 Å². The van der Waals surface area contributed by atoms with E-state index >= 15 is 0 Å². The zero-order chi connectivity index (χ0) is 18.4. The number of ether oxygens (including phenoxy) is 1. The van der Waals surface area contributed by atoms with Crippen LogP contribution < -0.4 is 10.1 Å². The van der Waals surface area contributed by atoms with Crippen molar-refractivity contribution in [1.82, 2.24) is 10.2 Å². The van der Waals surface area contributed by atoms with Gasteiger partial charge >= 0.3 is 0 Å². The number of likely N-dealkylation sites (N-methyl/N-ethyl adjacent to an activating group) is 1. The van der Waals surface area contributed by atoms with E-state index in [-0.39, 0.29) is 24.5 Å². The van der Waals surface area contributed by atoms with Crippen molar-refractivity contribution in [2.24, 2.45) is 0 Å². The molecule has 0 bridgehead atoms. The molecule has 0 spiro atoms. The van der Waals surface area contributed by atoms with Gasteiger partial charge in [0.2, 0.25) is 11.8 Å². The fourth-order valence-electron chi connectivity index (χ4n) is 2.55. The molecule has 0 aromatic heterocycles. The molecule has 1 N–H and O–H groups in total. The molecule has 0 radical (unpaired) electrons. The van der Waals surface area contributed by atoms with E-state index in [0.29, 0.717) is 6.54 Å². The Kier molecular flexibility index (Phi) is 6.17. The SMILES string of the molecule is C=CC(=O)N(C)CC(=O)NCc1c(OC(C)C)ccc2ccccc12. The van der Waals surface area contributed by atoms with Gasteiger partial charge in [-0.3, -0.25) is 9.59 Å². The maximum Gasteiger partial charge on any atom is 0.246 e. The van der Waals surface area contributed by atoms with Crippen LogP contribution in [0.5, 0.6) is 5.75 Å². The molecule has 2 rings (SSSR count). The quantitative estimate of drug-likeness (QED) is 0.789. The van der Waals surface area contributed by atoms with E-state index in [4.69, 9.17) is 4.74 Å². The lowest BCUT2D eigenvalue weighted by atomic mass is 10.0. The monoisotopic (exact) mass is 340 g/mol. The number of rotatable bonds is 7. The van der Waals surface area contributed by atoms with Crippen LogP contribution in [0.1, 0.15) is 19.4 Å². The second-order valence-electron chi connectivity index (χ2n) is 6.11. The van der Waals surface area contributed by atoms with Crippen LogP contribution in [0.15, 0.2) is 49.1 Å². The zero-order valence-electron chi connectivity index (χ0n) is 14.9. The molecule has 0 aliphatic carbocycles. The van der Waals surface area contributed by atoms with Gasteiger partial charge in [-0.25, -0.2) is 0 Å². The van der Waals surface area contributed by atoms with E-state index < -0.39 is 0 Å². The highest BCUT2D eigenvalue weighted by molar-refractivity contribution is 5.91. The van der Waals surface area contributed by atoms with Crippen molar-refractivity contribution in [2.45, 2.75) is 26.5 Å². The third-order valence-electron chi connectivity index (χ3n) is 3.75. The topological polar surface area (TPSA) is 58.6 Å². The van der Waals surface area contributed by atoms with E-state index in [1.807, 2.05) is 50.2 Å². The Morgan fingerprint density at radius 2 is 1.96 bits per heavy atom. The van der Waals surface area contributed by atoms with E-state index in [0.717, 1.165) is 22.1 Å². The smallest absolute Gasteiger partial charge is 0.246 e. The third-order valence-corrected chi connectivity index (χ3v) is 3.75. The predicted octanol–water partition coefficient (Wildman–Crippen LogP) is 2.89. The van der Waals surface area contributed by atoms with Gasteiger partial charge in [0.1, 0.15) is 5.75 Å². The molecule has 2 amide bonds. The van der Waals surface area contributed by atoms with Crippen molar-refractivity contribution >= 4 is 22.6 Å². The molecule has 5 nitrogen and oxygen atoms in total. The molecule has 0 saturated heterocycles. The average Bonchev–Trinajstić information content (AvgIpc) is 2.59. The van der Waals surface area contributed by atoms with Crippen LogP contribution >= 0.6 is 0 Å². The van der Waals surface area contributed by atoms with Crippen LogP contribution in [-0.2, 0) is 16.1 Å². The molecule has 0 saturated carbocycles. The molecular formula is C20H24N2O3. The number of benzene rings is 2. The lowest BCUT2D eigenvalue weighted by Gasteiger charge is -2.18. The van der Waals surface area contributed by atoms with Crippen LogP contribution in [0, 0.1) is 0 Å². The number of fused-ring (bicyclic) bond motifs is 1. The summed E-state index contributed by atoms with van der Waals surface area (Å²) in [7, 11) is 1.56. The number of nitrogens with one attached hydrogen (secondary N) is 1. The largest absolute Gasteiger partial charge is 0.491 e. The van der Waals surface area contributed by atoms with Crippen molar-refractivity contribution in [1.29, 1.82) is 0 Å². The third kappa shape index (κ3) is 4.83. The van der Waals surface area contributed by atoms with Crippen molar-refractivity contribution < 1.29 is 14.3 Å². The van der Waals surface area contributed by atoms with E-state index in [1.165, 1.54) is 11.0 Å². The lowest BCUT2D eigenvalue weighted by molar-refractivity contribution is -0.131. The Labute approximate surface area is 148 Å². The summed E-state index contributed by atoms with van der Waals surface area (Å²) in [5.41, 5.74) is 0.929. The normalized spacial score (nSPS) is 10.6. The molecule has 0 atom stereocenters. The molecule has 0 unspecified atom stereocenters. The average molecular weight is 340 g/mol. The lowest BCUT2D eigenvalue weighted by Crippen LogP contribution is -2.37. The number of carbonyl (C=O) groups excluding carboxylic acids is 2. The summed E-state index contributed by atoms with van der Waals surface area (Å²) in [5, 5.41) is 4.99. The first kappa shape index (κ1) is 18.5. The van der Waals surface area contributed by atoms with Crippen molar-refractivity contribution in [3.63, 3.8) is 0 Å². The Morgan fingerprint density at radius 1 is 1.24 bits per heavy atom. The molecule has 25 heavy (non-hydrogen) atoms. The van der Waals surface area contributed by atoms with E-state index in [2.05, 4.69) is 11.9 Å². The van der Waals surface area contributed by atoms with E-state index in [1.54, 1.807) is 7.05 Å². The summed E-state index contributed by atoms with van der Waals surface area (Å²) in [6.45, 7) is 7.66. The van der Waals surface area contributed by atoms with Gasteiger partial charge in [0.15, 0.2) is 0 Å². The van der Waals surface area contributed by atoms with Gasteiger partial charge < -0.3 is 15.0 Å². The Hall–Kier alpha value is -2.82.